The lowest BCUT2D eigenvalue weighted by molar-refractivity contribution is -0.119. The molecule has 1 N–H and O–H groups in total. The topological polar surface area (TPSA) is 29.1 Å². The van der Waals surface area contributed by atoms with Gasteiger partial charge in [0.1, 0.15) is 0 Å². The molecule has 3 fully saturated rings. The van der Waals surface area contributed by atoms with Gasteiger partial charge in [0.15, 0.2) is 0 Å². The van der Waals surface area contributed by atoms with Crippen LogP contribution in [0.25, 0.3) is 0 Å². The fourth-order valence-corrected chi connectivity index (χ4v) is 2.62. The number of benzene rings is 1. The first-order valence-electron chi connectivity index (χ1n) is 6.19. The van der Waals surface area contributed by atoms with Gasteiger partial charge in [-0.25, -0.2) is 0 Å². The highest BCUT2D eigenvalue weighted by atomic mass is 16.2. The van der Waals surface area contributed by atoms with Gasteiger partial charge in [0.25, 0.3) is 0 Å². The smallest absolute Gasteiger partial charge is 0.230 e. The summed E-state index contributed by atoms with van der Waals surface area (Å²) in [6.45, 7) is 0. The maximum Gasteiger partial charge on any atom is 0.230 e. The number of fused-ring (bicyclic) bond motifs is 1. The first-order valence-corrected chi connectivity index (χ1v) is 6.19. The van der Waals surface area contributed by atoms with Crippen LogP contribution in [0.1, 0.15) is 37.2 Å². The Kier molecular flexibility index (Phi) is 1.47. The van der Waals surface area contributed by atoms with Crippen molar-refractivity contribution in [3.8, 4) is 0 Å². The fourth-order valence-electron chi connectivity index (χ4n) is 2.62. The van der Waals surface area contributed by atoms with Crippen LogP contribution in [0, 0.1) is 11.3 Å². The molecule has 2 heteroatoms. The molecule has 0 spiro atoms. The van der Waals surface area contributed by atoms with E-state index in [1.165, 1.54) is 18.4 Å². The third-order valence-electron chi connectivity index (χ3n) is 4.33. The Bertz CT molecular complexity index is 469. The van der Waals surface area contributed by atoms with E-state index in [1.807, 2.05) is 6.07 Å². The Hall–Kier alpha value is -1.31. The number of anilines is 1. The van der Waals surface area contributed by atoms with Crippen molar-refractivity contribution in [1.82, 2.24) is 0 Å². The van der Waals surface area contributed by atoms with Crippen LogP contribution in [0.4, 0.5) is 5.69 Å². The Labute approximate surface area is 95.0 Å². The van der Waals surface area contributed by atoms with E-state index in [0.717, 1.165) is 30.4 Å². The second kappa shape index (κ2) is 2.68. The van der Waals surface area contributed by atoms with E-state index < -0.39 is 0 Å². The van der Waals surface area contributed by atoms with Crippen LogP contribution in [0.5, 0.6) is 0 Å². The maximum absolute atomic E-state index is 11.9. The van der Waals surface area contributed by atoms with Crippen LogP contribution in [0.2, 0.25) is 0 Å². The fraction of sp³-hybridized carbons (Fsp3) is 0.500. The van der Waals surface area contributed by atoms with Crippen molar-refractivity contribution in [2.75, 3.05) is 5.32 Å². The Morgan fingerprint density at radius 2 is 2.06 bits per heavy atom. The molecule has 0 bridgehead atoms. The van der Waals surface area contributed by atoms with Crippen molar-refractivity contribution in [2.24, 2.45) is 11.3 Å². The van der Waals surface area contributed by atoms with Crippen LogP contribution in [-0.2, 0) is 4.79 Å². The van der Waals surface area contributed by atoms with Crippen LogP contribution in [-0.4, -0.2) is 5.91 Å². The van der Waals surface area contributed by atoms with E-state index in [4.69, 9.17) is 0 Å². The van der Waals surface area contributed by atoms with Crippen molar-refractivity contribution in [1.29, 1.82) is 0 Å². The molecule has 2 nitrogen and oxygen atoms in total. The summed E-state index contributed by atoms with van der Waals surface area (Å²) in [6.07, 6.45) is 4.87. The minimum absolute atomic E-state index is 0.0790. The summed E-state index contributed by atoms with van der Waals surface area (Å²) in [5.74, 6) is 1.73. The molecule has 0 unspecified atom stereocenters. The highest BCUT2D eigenvalue weighted by Gasteiger charge is 2.74. The Morgan fingerprint density at radius 3 is 2.69 bits per heavy atom. The minimum Gasteiger partial charge on any atom is -0.326 e. The zero-order valence-electron chi connectivity index (χ0n) is 9.20. The molecule has 82 valence electrons. The number of carbonyl (C=O) groups excluding carboxylic acids is 1. The third-order valence-corrected chi connectivity index (χ3v) is 4.33. The van der Waals surface area contributed by atoms with Crippen molar-refractivity contribution in [3.05, 3.63) is 29.8 Å². The molecule has 0 atom stereocenters. The lowest BCUT2D eigenvalue weighted by Crippen LogP contribution is -2.17. The number of rotatable bonds is 3. The molecule has 0 radical (unpaired) electrons. The van der Waals surface area contributed by atoms with Gasteiger partial charge in [0.05, 0.1) is 5.41 Å². The molecule has 0 aliphatic heterocycles. The van der Waals surface area contributed by atoms with Crippen LogP contribution in [0.15, 0.2) is 24.3 Å². The molecule has 3 aliphatic rings. The summed E-state index contributed by atoms with van der Waals surface area (Å²) in [5.41, 5.74) is 2.45. The molecule has 3 aliphatic carbocycles. The van der Waals surface area contributed by atoms with Gasteiger partial charge >= 0.3 is 0 Å². The molecule has 1 amide bonds. The Morgan fingerprint density at radius 1 is 1.31 bits per heavy atom. The molecule has 1 aromatic rings. The zero-order valence-corrected chi connectivity index (χ0v) is 9.20. The largest absolute Gasteiger partial charge is 0.326 e. The highest BCUT2D eigenvalue weighted by Crippen LogP contribution is 2.75. The Balaban J connectivity index is 1.53. The summed E-state index contributed by atoms with van der Waals surface area (Å²) in [6, 6.07) is 8.37. The first kappa shape index (κ1) is 8.80. The molecule has 16 heavy (non-hydrogen) atoms. The number of amides is 1. The van der Waals surface area contributed by atoms with Crippen LogP contribution >= 0.6 is 0 Å². The number of hydrogen-bond donors (Lipinski definition) is 1. The molecular formula is C14H15NO. The zero-order chi connectivity index (χ0) is 10.8. The molecule has 0 heterocycles. The molecular weight excluding hydrogens is 198 g/mol. The van der Waals surface area contributed by atoms with Gasteiger partial charge in [-0.05, 0) is 55.2 Å². The summed E-state index contributed by atoms with van der Waals surface area (Å²) < 4.78 is 0. The summed E-state index contributed by atoms with van der Waals surface area (Å²) >= 11 is 0. The number of nitrogens with one attached hydrogen (secondary N) is 1. The summed E-state index contributed by atoms with van der Waals surface area (Å²) in [4.78, 5) is 11.9. The van der Waals surface area contributed by atoms with E-state index in [-0.39, 0.29) is 11.3 Å². The molecule has 3 saturated carbocycles. The average Bonchev–Trinajstić information content (AvgIpc) is 3.06. The van der Waals surface area contributed by atoms with Gasteiger partial charge in [-0.1, -0.05) is 12.1 Å². The van der Waals surface area contributed by atoms with E-state index in [1.54, 1.807) is 0 Å². The van der Waals surface area contributed by atoms with E-state index in [0.29, 0.717) is 0 Å². The van der Waals surface area contributed by atoms with Crippen LogP contribution < -0.4 is 5.32 Å². The molecule has 1 aromatic carbocycles. The van der Waals surface area contributed by atoms with Crippen molar-refractivity contribution < 1.29 is 4.79 Å². The quantitative estimate of drug-likeness (QED) is 0.821. The van der Waals surface area contributed by atoms with Crippen molar-refractivity contribution >= 4 is 11.6 Å². The lowest BCUT2D eigenvalue weighted by Gasteiger charge is -2.08. The van der Waals surface area contributed by atoms with E-state index in [9.17, 15) is 4.79 Å². The lowest BCUT2D eigenvalue weighted by atomic mass is 10.1. The van der Waals surface area contributed by atoms with Gasteiger partial charge in [0, 0.05) is 5.69 Å². The van der Waals surface area contributed by atoms with Crippen molar-refractivity contribution in [2.45, 2.75) is 31.6 Å². The first-order chi connectivity index (χ1) is 7.78. The van der Waals surface area contributed by atoms with Crippen LogP contribution in [0.3, 0.4) is 0 Å². The SMILES string of the molecule is O=C(Nc1cccc(C2CC2)c1)C12CC1C2. The number of carbonyl (C=O) groups is 1. The monoisotopic (exact) mass is 213 g/mol. The maximum atomic E-state index is 11.9. The summed E-state index contributed by atoms with van der Waals surface area (Å²) in [5, 5.41) is 3.07. The normalized spacial score (nSPS) is 34.1. The summed E-state index contributed by atoms with van der Waals surface area (Å²) in [7, 11) is 0. The van der Waals surface area contributed by atoms with Gasteiger partial charge in [-0.3, -0.25) is 4.79 Å². The molecule has 0 aromatic heterocycles. The second-order valence-corrected chi connectivity index (χ2v) is 5.62. The van der Waals surface area contributed by atoms with E-state index >= 15 is 0 Å². The standard InChI is InChI=1S/C14H15NO/c16-13(14-7-11(14)8-14)15-12-3-1-2-10(6-12)9-4-5-9/h1-3,6,9,11H,4-5,7-8H2,(H,15,16). The van der Waals surface area contributed by atoms with Gasteiger partial charge in [0.2, 0.25) is 5.91 Å². The van der Waals surface area contributed by atoms with Crippen molar-refractivity contribution in [3.63, 3.8) is 0 Å². The predicted octanol–water partition coefficient (Wildman–Crippen LogP) is 2.91. The third kappa shape index (κ3) is 1.22. The molecule has 0 saturated heterocycles. The number of hydrogen-bond acceptors (Lipinski definition) is 1. The van der Waals surface area contributed by atoms with Gasteiger partial charge in [-0.15, -0.1) is 0 Å². The van der Waals surface area contributed by atoms with Gasteiger partial charge in [-0.2, -0.15) is 0 Å². The highest BCUT2D eigenvalue weighted by molar-refractivity contribution is 6.00. The second-order valence-electron chi connectivity index (χ2n) is 5.62. The van der Waals surface area contributed by atoms with Gasteiger partial charge < -0.3 is 5.32 Å². The molecule has 4 rings (SSSR count). The average molecular weight is 213 g/mol. The predicted molar refractivity (Wildman–Crippen MR) is 62.2 cm³/mol. The van der Waals surface area contributed by atoms with E-state index in [2.05, 4.69) is 23.5 Å². The minimum atomic E-state index is 0.0790.